The van der Waals surface area contributed by atoms with E-state index in [0.717, 1.165) is 5.92 Å². The molecule has 0 bridgehead atoms. The van der Waals surface area contributed by atoms with Crippen molar-refractivity contribution in [1.29, 1.82) is 0 Å². The van der Waals surface area contributed by atoms with Crippen molar-refractivity contribution < 1.29 is 0 Å². The lowest BCUT2D eigenvalue weighted by Crippen LogP contribution is -2.05. The summed E-state index contributed by atoms with van der Waals surface area (Å²) in [5, 5.41) is 0. The fraction of sp³-hybridized carbons (Fsp3) is 0.571. The summed E-state index contributed by atoms with van der Waals surface area (Å²) in [5.41, 5.74) is 3.29. The molecule has 1 atom stereocenters. The molecule has 1 unspecified atom stereocenters. The van der Waals surface area contributed by atoms with Crippen LogP contribution in [0.3, 0.4) is 0 Å². The molecule has 76 valence electrons. The number of hydrogen-bond acceptors (Lipinski definition) is 0. The van der Waals surface area contributed by atoms with E-state index in [-0.39, 0.29) is 0 Å². The summed E-state index contributed by atoms with van der Waals surface area (Å²) in [6, 6.07) is 0. The maximum absolute atomic E-state index is 3.88. The van der Waals surface area contributed by atoms with Gasteiger partial charge in [0.2, 0.25) is 0 Å². The predicted octanol–water partition coefficient (Wildman–Crippen LogP) is 4.40. The van der Waals surface area contributed by atoms with Gasteiger partial charge in [-0.05, 0) is 62.0 Å². The molecule has 2 rings (SSSR count). The van der Waals surface area contributed by atoms with Crippen molar-refractivity contribution in [1.82, 2.24) is 0 Å². The van der Waals surface area contributed by atoms with Gasteiger partial charge in [0, 0.05) is 0 Å². The zero-order valence-electron chi connectivity index (χ0n) is 8.97. The highest BCUT2D eigenvalue weighted by atomic mass is 14.2. The van der Waals surface area contributed by atoms with Crippen molar-refractivity contribution in [3.05, 3.63) is 36.0 Å². The highest BCUT2D eigenvalue weighted by Crippen LogP contribution is 2.32. The van der Waals surface area contributed by atoms with Crippen LogP contribution in [0.1, 0.15) is 44.9 Å². The first-order valence-electron chi connectivity index (χ1n) is 5.91. The van der Waals surface area contributed by atoms with Crippen LogP contribution in [-0.4, -0.2) is 0 Å². The normalized spacial score (nSPS) is 27.9. The van der Waals surface area contributed by atoms with Gasteiger partial charge in [-0.25, -0.2) is 0 Å². The van der Waals surface area contributed by atoms with Crippen molar-refractivity contribution >= 4 is 0 Å². The highest BCUT2D eigenvalue weighted by Gasteiger charge is 2.15. The third kappa shape index (κ3) is 2.17. The molecular formula is C14H20. The van der Waals surface area contributed by atoms with E-state index in [0.29, 0.717) is 0 Å². The van der Waals surface area contributed by atoms with Crippen molar-refractivity contribution in [2.24, 2.45) is 5.92 Å². The van der Waals surface area contributed by atoms with E-state index >= 15 is 0 Å². The number of allylic oxidation sites excluding steroid dienone is 5. The molecule has 2 aliphatic carbocycles. The van der Waals surface area contributed by atoms with Gasteiger partial charge in [0.05, 0.1) is 0 Å². The largest absolute Gasteiger partial charge is 0.103 e. The van der Waals surface area contributed by atoms with E-state index < -0.39 is 0 Å². The summed E-state index contributed by atoms with van der Waals surface area (Å²) in [6.45, 7) is 3.88. The molecular weight excluding hydrogens is 168 g/mol. The Bertz CT molecular complexity index is 268. The average Bonchev–Trinajstić information content (AvgIpc) is 2.30. The van der Waals surface area contributed by atoms with Gasteiger partial charge >= 0.3 is 0 Å². The molecule has 0 spiro atoms. The van der Waals surface area contributed by atoms with Crippen LogP contribution < -0.4 is 0 Å². The molecule has 0 aliphatic heterocycles. The molecule has 0 saturated carbocycles. The van der Waals surface area contributed by atoms with Crippen LogP contribution in [0.4, 0.5) is 0 Å². The summed E-state index contributed by atoms with van der Waals surface area (Å²) in [4.78, 5) is 0. The lowest BCUT2D eigenvalue weighted by molar-refractivity contribution is 0.564. The van der Waals surface area contributed by atoms with E-state index in [1.54, 1.807) is 11.1 Å². The Kier molecular flexibility index (Phi) is 3.23. The SMILES string of the molecule is C=CC1CC=C(C2=CCCCC2)CC1. The monoisotopic (exact) mass is 188 g/mol. The Hall–Kier alpha value is -0.780. The second kappa shape index (κ2) is 4.63. The standard InChI is InChI=1S/C14H20/c1-2-12-8-10-14(11-9-12)13-6-4-3-5-7-13/h2,6,10,12H,1,3-5,7-9,11H2. The molecule has 0 saturated heterocycles. The summed E-state index contributed by atoms with van der Waals surface area (Å²) < 4.78 is 0. The summed E-state index contributed by atoms with van der Waals surface area (Å²) >= 11 is 0. The first-order valence-corrected chi connectivity index (χ1v) is 5.91. The van der Waals surface area contributed by atoms with Crippen LogP contribution in [-0.2, 0) is 0 Å². The minimum absolute atomic E-state index is 0.739. The molecule has 0 aromatic rings. The predicted molar refractivity (Wildman–Crippen MR) is 62.2 cm³/mol. The first kappa shape index (κ1) is 9.76. The third-order valence-electron chi connectivity index (χ3n) is 3.49. The van der Waals surface area contributed by atoms with E-state index in [9.17, 15) is 0 Å². The van der Waals surface area contributed by atoms with Crippen molar-refractivity contribution in [2.45, 2.75) is 44.9 Å². The van der Waals surface area contributed by atoms with Crippen LogP contribution in [0.15, 0.2) is 36.0 Å². The lowest BCUT2D eigenvalue weighted by Gasteiger charge is -2.22. The topological polar surface area (TPSA) is 0 Å². The third-order valence-corrected chi connectivity index (χ3v) is 3.49. The van der Waals surface area contributed by atoms with Gasteiger partial charge in [-0.3, -0.25) is 0 Å². The summed E-state index contributed by atoms with van der Waals surface area (Å²) in [5.74, 6) is 0.739. The van der Waals surface area contributed by atoms with E-state index in [2.05, 4.69) is 24.8 Å². The van der Waals surface area contributed by atoms with Gasteiger partial charge in [-0.1, -0.05) is 18.2 Å². The number of rotatable bonds is 2. The molecule has 0 N–H and O–H groups in total. The van der Waals surface area contributed by atoms with Gasteiger partial charge in [0.25, 0.3) is 0 Å². The molecule has 0 fully saturated rings. The average molecular weight is 188 g/mol. The molecule has 0 heteroatoms. The second-order valence-electron chi connectivity index (χ2n) is 4.47. The fourth-order valence-corrected chi connectivity index (χ4v) is 2.49. The molecule has 14 heavy (non-hydrogen) atoms. The Morgan fingerprint density at radius 1 is 1.14 bits per heavy atom. The second-order valence-corrected chi connectivity index (χ2v) is 4.47. The first-order chi connectivity index (χ1) is 6.90. The van der Waals surface area contributed by atoms with Crippen LogP contribution in [0, 0.1) is 5.92 Å². The van der Waals surface area contributed by atoms with Gasteiger partial charge in [-0.15, -0.1) is 6.58 Å². The zero-order chi connectivity index (χ0) is 9.80. The van der Waals surface area contributed by atoms with E-state index in [1.807, 2.05) is 0 Å². The molecule has 0 amide bonds. The Morgan fingerprint density at radius 3 is 2.57 bits per heavy atom. The van der Waals surface area contributed by atoms with Gasteiger partial charge in [-0.2, -0.15) is 0 Å². The Morgan fingerprint density at radius 2 is 2.00 bits per heavy atom. The highest BCUT2D eigenvalue weighted by molar-refractivity contribution is 5.33. The maximum Gasteiger partial charge on any atom is -0.0198 e. The molecule has 2 aliphatic rings. The van der Waals surface area contributed by atoms with E-state index in [4.69, 9.17) is 0 Å². The molecule has 0 aromatic heterocycles. The van der Waals surface area contributed by atoms with Crippen molar-refractivity contribution in [2.75, 3.05) is 0 Å². The lowest BCUT2D eigenvalue weighted by atomic mass is 9.83. The van der Waals surface area contributed by atoms with Crippen LogP contribution >= 0.6 is 0 Å². The molecule has 0 heterocycles. The van der Waals surface area contributed by atoms with Crippen LogP contribution in [0.5, 0.6) is 0 Å². The smallest absolute Gasteiger partial charge is 0.0198 e. The zero-order valence-corrected chi connectivity index (χ0v) is 8.97. The maximum atomic E-state index is 3.88. The Balaban J connectivity index is 2.01. The van der Waals surface area contributed by atoms with Gasteiger partial charge in [0.15, 0.2) is 0 Å². The minimum Gasteiger partial charge on any atom is -0.103 e. The molecule has 0 aromatic carbocycles. The molecule has 0 radical (unpaired) electrons. The van der Waals surface area contributed by atoms with E-state index in [1.165, 1.54) is 44.9 Å². The quantitative estimate of drug-likeness (QED) is 0.563. The fourth-order valence-electron chi connectivity index (χ4n) is 2.49. The summed E-state index contributed by atoms with van der Waals surface area (Å²) in [6.07, 6.45) is 16.3. The van der Waals surface area contributed by atoms with Gasteiger partial charge in [0.1, 0.15) is 0 Å². The Labute approximate surface area is 87.4 Å². The number of hydrogen-bond donors (Lipinski definition) is 0. The van der Waals surface area contributed by atoms with Crippen LogP contribution in [0.2, 0.25) is 0 Å². The van der Waals surface area contributed by atoms with Crippen molar-refractivity contribution in [3.8, 4) is 0 Å². The van der Waals surface area contributed by atoms with Crippen LogP contribution in [0.25, 0.3) is 0 Å². The minimum atomic E-state index is 0.739. The molecule has 0 nitrogen and oxygen atoms in total. The summed E-state index contributed by atoms with van der Waals surface area (Å²) in [7, 11) is 0. The van der Waals surface area contributed by atoms with Gasteiger partial charge < -0.3 is 0 Å². The van der Waals surface area contributed by atoms with Crippen molar-refractivity contribution in [3.63, 3.8) is 0 Å².